The second-order valence-electron chi connectivity index (χ2n) is 6.50. The molecule has 7 heteroatoms. The molecule has 0 saturated heterocycles. The summed E-state index contributed by atoms with van der Waals surface area (Å²) in [5.41, 5.74) is 0. The molecule has 0 aromatic carbocycles. The molecule has 24 heavy (non-hydrogen) atoms. The first-order valence-corrected chi connectivity index (χ1v) is 12.5. The van der Waals surface area contributed by atoms with Gasteiger partial charge in [-0.25, -0.2) is 0 Å². The molecule has 0 aromatic rings. The molecule has 0 bridgehead atoms. The molecular weight excluding hydrogens is 346 g/mol. The average Bonchev–Trinajstić information content (AvgIpc) is 2.54. The molecule has 0 aliphatic rings. The summed E-state index contributed by atoms with van der Waals surface area (Å²) in [7, 11) is -5.75. The Balaban J connectivity index is 4.18. The summed E-state index contributed by atoms with van der Waals surface area (Å²) in [6.45, 7) is 10.6. The van der Waals surface area contributed by atoms with Crippen molar-refractivity contribution in [3.8, 4) is 0 Å². The molecule has 0 heterocycles. The second kappa shape index (κ2) is 14.4. The van der Waals surface area contributed by atoms with E-state index in [1.807, 2.05) is 0 Å². The topological polar surface area (TPSA) is 61.8 Å². The Hall–Kier alpha value is 0.210. The lowest BCUT2D eigenvalue weighted by molar-refractivity contribution is 0.190. The highest BCUT2D eigenvalue weighted by molar-refractivity contribution is 7.60. The Kier molecular flexibility index (Phi) is 14.5. The molecule has 0 amide bonds. The Morgan fingerprint density at radius 3 is 1.88 bits per heavy atom. The van der Waals surface area contributed by atoms with E-state index in [-0.39, 0.29) is 0 Å². The van der Waals surface area contributed by atoms with Crippen molar-refractivity contribution in [2.75, 3.05) is 19.9 Å². The van der Waals surface area contributed by atoms with Crippen molar-refractivity contribution in [2.24, 2.45) is 11.8 Å². The van der Waals surface area contributed by atoms with E-state index in [0.717, 1.165) is 51.4 Å². The lowest BCUT2D eigenvalue weighted by Gasteiger charge is -2.15. The van der Waals surface area contributed by atoms with Crippen LogP contribution in [0.25, 0.3) is 0 Å². The predicted molar refractivity (Wildman–Crippen MR) is 101 cm³/mol. The number of unbranched alkanes of at least 4 members (excludes halogenated alkanes) is 2. The van der Waals surface area contributed by atoms with Crippen LogP contribution in [0.4, 0.5) is 0 Å². The van der Waals surface area contributed by atoms with Crippen molar-refractivity contribution in [3.63, 3.8) is 0 Å². The Morgan fingerprint density at radius 2 is 1.42 bits per heavy atom. The van der Waals surface area contributed by atoms with Crippen LogP contribution in [0.15, 0.2) is 0 Å². The molecule has 0 rings (SSSR count). The first-order valence-electron chi connectivity index (χ1n) is 9.40. The van der Waals surface area contributed by atoms with Gasteiger partial charge in [0.25, 0.3) is 0 Å². The van der Waals surface area contributed by atoms with Gasteiger partial charge in [0.15, 0.2) is 0 Å². The third kappa shape index (κ3) is 12.6. The largest absolute Gasteiger partial charge is 0.706 e. The van der Waals surface area contributed by atoms with Crippen molar-refractivity contribution in [2.45, 2.75) is 79.1 Å². The summed E-state index contributed by atoms with van der Waals surface area (Å²) in [6.07, 6.45) is 8.56. The molecule has 0 saturated carbocycles. The molecule has 0 aliphatic carbocycles. The lowest BCUT2D eigenvalue weighted by atomic mass is 10.0. The van der Waals surface area contributed by atoms with Crippen LogP contribution < -0.4 is 0 Å². The molecule has 0 fully saturated rings. The number of rotatable bonds is 16. The van der Waals surface area contributed by atoms with Crippen LogP contribution in [0.1, 0.15) is 79.1 Å². The van der Waals surface area contributed by atoms with E-state index in [0.29, 0.717) is 25.0 Å². The van der Waals surface area contributed by atoms with Crippen LogP contribution in [-0.4, -0.2) is 19.9 Å². The number of hydrogen-bond donors (Lipinski definition) is 0. The molecule has 5 nitrogen and oxygen atoms in total. The molecule has 4 unspecified atom stereocenters. The van der Waals surface area contributed by atoms with E-state index < -0.39 is 15.9 Å². The van der Waals surface area contributed by atoms with Crippen LogP contribution in [-0.2, 0) is 22.5 Å². The normalized spacial score (nSPS) is 17.3. The van der Waals surface area contributed by atoms with Gasteiger partial charge in [-0.05, 0) is 29.0 Å². The predicted octanol–water partition coefficient (Wildman–Crippen LogP) is 6.95. The van der Waals surface area contributed by atoms with Crippen LogP contribution in [0, 0.1) is 11.8 Å². The minimum atomic E-state index is -3.35. The van der Waals surface area contributed by atoms with Gasteiger partial charge in [0.05, 0.1) is 6.61 Å². The molecular formula is C17H37O5P2+. The van der Waals surface area contributed by atoms with Crippen molar-refractivity contribution >= 4 is 15.9 Å². The summed E-state index contributed by atoms with van der Waals surface area (Å²) >= 11 is 0. The highest BCUT2D eigenvalue weighted by Gasteiger charge is 2.35. The molecule has 0 aliphatic heterocycles. The summed E-state index contributed by atoms with van der Waals surface area (Å²) in [6, 6.07) is 0. The van der Waals surface area contributed by atoms with Gasteiger partial charge in [-0.2, -0.15) is 0 Å². The van der Waals surface area contributed by atoms with Gasteiger partial charge in [-0.15, -0.1) is 4.52 Å². The molecule has 4 atom stereocenters. The molecule has 0 aromatic heterocycles. The number of hydrogen-bond acceptors (Lipinski definition) is 5. The van der Waals surface area contributed by atoms with E-state index in [1.165, 1.54) is 6.66 Å². The lowest BCUT2D eigenvalue weighted by Crippen LogP contribution is -2.08. The summed E-state index contributed by atoms with van der Waals surface area (Å²) in [4.78, 5) is 0. The maximum atomic E-state index is 12.3. The molecule has 144 valence electrons. The second-order valence-corrected chi connectivity index (χ2v) is 9.66. The minimum absolute atomic E-state index is 0.360. The molecule has 0 spiro atoms. The highest BCUT2D eigenvalue weighted by atomic mass is 31.2. The third-order valence-corrected chi connectivity index (χ3v) is 6.96. The van der Waals surface area contributed by atoms with Crippen LogP contribution in [0.3, 0.4) is 0 Å². The van der Waals surface area contributed by atoms with Crippen LogP contribution in [0.2, 0.25) is 0 Å². The van der Waals surface area contributed by atoms with E-state index in [9.17, 15) is 9.13 Å². The SMILES string of the molecule is CCCCC(CC)CO[P+](=O)OP(C)(=O)OCC(CC)CCCC. The van der Waals surface area contributed by atoms with Crippen LogP contribution in [0.5, 0.6) is 0 Å². The van der Waals surface area contributed by atoms with E-state index in [4.69, 9.17) is 13.4 Å². The van der Waals surface area contributed by atoms with Gasteiger partial charge in [-0.1, -0.05) is 66.2 Å². The third-order valence-electron chi connectivity index (χ3n) is 4.26. The fourth-order valence-electron chi connectivity index (χ4n) is 2.37. The van der Waals surface area contributed by atoms with Gasteiger partial charge in [0.2, 0.25) is 0 Å². The molecule has 0 N–H and O–H groups in total. The zero-order valence-electron chi connectivity index (χ0n) is 16.2. The van der Waals surface area contributed by atoms with Crippen molar-refractivity contribution in [1.82, 2.24) is 0 Å². The first kappa shape index (κ1) is 24.2. The van der Waals surface area contributed by atoms with E-state index >= 15 is 0 Å². The molecule has 0 radical (unpaired) electrons. The maximum absolute atomic E-state index is 12.3. The summed E-state index contributed by atoms with van der Waals surface area (Å²) in [5.74, 6) is 0.724. The summed E-state index contributed by atoms with van der Waals surface area (Å²) in [5, 5.41) is 0. The minimum Gasteiger partial charge on any atom is -0.306 e. The van der Waals surface area contributed by atoms with Gasteiger partial charge in [0, 0.05) is 11.2 Å². The maximum Gasteiger partial charge on any atom is 0.706 e. The Bertz CT molecular complexity index is 376. The Morgan fingerprint density at radius 1 is 0.917 bits per heavy atom. The fourth-order valence-corrected chi connectivity index (χ4v) is 4.53. The van der Waals surface area contributed by atoms with Gasteiger partial charge >= 0.3 is 15.9 Å². The van der Waals surface area contributed by atoms with Crippen molar-refractivity contribution in [1.29, 1.82) is 0 Å². The van der Waals surface area contributed by atoms with Gasteiger partial charge < -0.3 is 4.52 Å². The van der Waals surface area contributed by atoms with Crippen molar-refractivity contribution in [3.05, 3.63) is 0 Å². The monoisotopic (exact) mass is 383 g/mol. The Labute approximate surface area is 149 Å². The zero-order valence-corrected chi connectivity index (χ0v) is 18.0. The van der Waals surface area contributed by atoms with Gasteiger partial charge in [0.1, 0.15) is 6.61 Å². The smallest absolute Gasteiger partial charge is 0.306 e. The quantitative estimate of drug-likeness (QED) is 0.270. The fraction of sp³-hybridized carbons (Fsp3) is 1.00. The highest BCUT2D eigenvalue weighted by Crippen LogP contribution is 2.53. The standard InChI is InChI=1S/C17H37O5P2/c1-6-10-12-16(8-3)14-20-23(18)22-24(5,19)21-15-17(9-4)13-11-7-2/h16-17H,6-15H2,1-5H3/q+1. The van der Waals surface area contributed by atoms with E-state index in [2.05, 4.69) is 27.7 Å². The van der Waals surface area contributed by atoms with Crippen molar-refractivity contribution < 1.29 is 22.5 Å². The zero-order chi connectivity index (χ0) is 18.4. The summed E-state index contributed by atoms with van der Waals surface area (Å²) < 4.78 is 39.9. The van der Waals surface area contributed by atoms with E-state index in [1.54, 1.807) is 0 Å². The van der Waals surface area contributed by atoms with Gasteiger partial charge in [-0.3, -0.25) is 4.57 Å². The van der Waals surface area contributed by atoms with Crippen LogP contribution >= 0.6 is 15.9 Å². The average molecular weight is 383 g/mol. The first-order chi connectivity index (χ1) is 11.4.